The van der Waals surface area contributed by atoms with Gasteiger partial charge in [-0.1, -0.05) is 6.07 Å². The van der Waals surface area contributed by atoms with Gasteiger partial charge in [-0.25, -0.2) is 0 Å². The van der Waals surface area contributed by atoms with Crippen molar-refractivity contribution in [2.24, 2.45) is 0 Å². The van der Waals surface area contributed by atoms with Crippen LogP contribution in [0, 0.1) is 0 Å². The molecule has 2 rings (SSSR count). The third-order valence-corrected chi connectivity index (χ3v) is 3.02. The molecule has 6 heteroatoms. The number of nitrogens with zero attached hydrogens (tertiary/aromatic N) is 2. The maximum atomic E-state index is 11.0. The first-order valence-corrected chi connectivity index (χ1v) is 6.75. The van der Waals surface area contributed by atoms with Gasteiger partial charge in [0, 0.05) is 24.7 Å². The van der Waals surface area contributed by atoms with Crippen LogP contribution in [0.15, 0.2) is 24.3 Å². The molecule has 5 nitrogen and oxygen atoms in total. The van der Waals surface area contributed by atoms with Gasteiger partial charge in [0.1, 0.15) is 0 Å². The summed E-state index contributed by atoms with van der Waals surface area (Å²) in [5, 5.41) is 1.20. The van der Waals surface area contributed by atoms with Gasteiger partial charge >= 0.3 is 0 Å². The van der Waals surface area contributed by atoms with Gasteiger partial charge in [-0.05, 0) is 18.2 Å². The lowest BCUT2D eigenvalue weighted by atomic mass is 10.2. The number of carbonyl (C=O) groups is 1. The number of hydrogen-bond donors (Lipinski definition) is 0. The summed E-state index contributed by atoms with van der Waals surface area (Å²) in [5.74, 6) is 0.341. The van der Waals surface area contributed by atoms with Crippen molar-refractivity contribution >= 4 is 29.4 Å². The molecular formula is C13H17ClN2O3. The quantitative estimate of drug-likeness (QED) is 0.453. The standard InChI is InChI=1S/C13H17ClN2O3/c14-4-7-19-16(11-17)13-3-1-2-12(10-13)15-5-8-18-9-6-15/h1-3,10-11H,4-9H2. The zero-order valence-electron chi connectivity index (χ0n) is 10.6. The van der Waals surface area contributed by atoms with Crippen molar-refractivity contribution in [1.29, 1.82) is 0 Å². The third kappa shape index (κ3) is 3.83. The van der Waals surface area contributed by atoms with E-state index in [4.69, 9.17) is 21.2 Å². The molecule has 0 unspecified atom stereocenters. The molecule has 1 aromatic rings. The Morgan fingerprint density at radius 1 is 1.42 bits per heavy atom. The zero-order chi connectivity index (χ0) is 13.5. The van der Waals surface area contributed by atoms with E-state index in [1.807, 2.05) is 24.3 Å². The van der Waals surface area contributed by atoms with Crippen molar-refractivity contribution in [2.75, 3.05) is 48.8 Å². The summed E-state index contributed by atoms with van der Waals surface area (Å²) in [5.41, 5.74) is 1.76. The fourth-order valence-corrected chi connectivity index (χ4v) is 2.02. The molecule has 1 fully saturated rings. The van der Waals surface area contributed by atoms with Crippen molar-refractivity contribution in [2.45, 2.75) is 0 Å². The monoisotopic (exact) mass is 284 g/mol. The number of carbonyl (C=O) groups excluding carboxylic acids is 1. The van der Waals surface area contributed by atoms with Gasteiger partial charge in [0.25, 0.3) is 0 Å². The molecule has 19 heavy (non-hydrogen) atoms. The lowest BCUT2D eigenvalue weighted by Gasteiger charge is -2.29. The van der Waals surface area contributed by atoms with Crippen LogP contribution in [0.2, 0.25) is 0 Å². The first-order valence-electron chi connectivity index (χ1n) is 6.21. The summed E-state index contributed by atoms with van der Waals surface area (Å²) < 4.78 is 5.33. The van der Waals surface area contributed by atoms with Gasteiger partial charge in [0.2, 0.25) is 6.41 Å². The van der Waals surface area contributed by atoms with Crippen LogP contribution in [-0.2, 0) is 14.4 Å². The Hall–Kier alpha value is -1.30. The molecule has 0 N–H and O–H groups in total. The van der Waals surface area contributed by atoms with Gasteiger partial charge in [0.05, 0.1) is 25.5 Å². The highest BCUT2D eigenvalue weighted by molar-refractivity contribution is 6.18. The molecule has 1 saturated heterocycles. The molecule has 0 spiro atoms. The smallest absolute Gasteiger partial charge is 0.238 e. The van der Waals surface area contributed by atoms with E-state index in [1.54, 1.807) is 0 Å². The normalized spacial score (nSPS) is 15.3. The summed E-state index contributed by atoms with van der Waals surface area (Å²) >= 11 is 5.55. The molecule has 104 valence electrons. The molecule has 1 aromatic carbocycles. The first kappa shape index (κ1) is 14.1. The van der Waals surface area contributed by atoms with E-state index in [-0.39, 0.29) is 0 Å². The predicted octanol–water partition coefficient (Wildman–Crippen LogP) is 1.66. The molecule has 0 aromatic heterocycles. The highest BCUT2D eigenvalue weighted by atomic mass is 35.5. The number of rotatable bonds is 6. The second-order valence-electron chi connectivity index (χ2n) is 4.07. The Labute approximate surface area is 117 Å². The topological polar surface area (TPSA) is 42.0 Å². The average molecular weight is 285 g/mol. The van der Waals surface area contributed by atoms with Crippen LogP contribution in [0.4, 0.5) is 11.4 Å². The lowest BCUT2D eigenvalue weighted by molar-refractivity contribution is -0.113. The minimum atomic E-state index is 0.294. The van der Waals surface area contributed by atoms with Crippen LogP contribution in [0.25, 0.3) is 0 Å². The number of benzene rings is 1. The number of ether oxygens (including phenoxy) is 1. The van der Waals surface area contributed by atoms with E-state index in [0.29, 0.717) is 24.6 Å². The van der Waals surface area contributed by atoms with Crippen LogP contribution in [0.3, 0.4) is 0 Å². The third-order valence-electron chi connectivity index (χ3n) is 2.86. The van der Waals surface area contributed by atoms with E-state index in [2.05, 4.69) is 4.90 Å². The number of halogens is 1. The molecule has 1 aliphatic heterocycles. The maximum Gasteiger partial charge on any atom is 0.238 e. The fraction of sp³-hybridized carbons (Fsp3) is 0.462. The summed E-state index contributed by atoms with van der Waals surface area (Å²) in [6.45, 7) is 3.46. The highest BCUT2D eigenvalue weighted by Gasteiger charge is 2.13. The summed E-state index contributed by atoms with van der Waals surface area (Å²) in [6, 6.07) is 7.67. The largest absolute Gasteiger partial charge is 0.378 e. The van der Waals surface area contributed by atoms with Gasteiger partial charge in [0.15, 0.2) is 0 Å². The van der Waals surface area contributed by atoms with Crippen LogP contribution >= 0.6 is 11.6 Å². The fourth-order valence-electron chi connectivity index (χ4n) is 1.95. The van der Waals surface area contributed by atoms with Gasteiger partial charge in [-0.15, -0.1) is 11.6 Å². The van der Waals surface area contributed by atoms with Crippen molar-refractivity contribution in [3.8, 4) is 0 Å². The molecule has 1 amide bonds. The molecule has 1 aliphatic rings. The summed E-state index contributed by atoms with van der Waals surface area (Å²) in [4.78, 5) is 18.5. The van der Waals surface area contributed by atoms with E-state index in [0.717, 1.165) is 32.0 Å². The summed E-state index contributed by atoms with van der Waals surface area (Å²) in [6.07, 6.45) is 0.644. The number of anilines is 2. The van der Waals surface area contributed by atoms with Crippen molar-refractivity contribution < 1.29 is 14.4 Å². The highest BCUT2D eigenvalue weighted by Crippen LogP contribution is 2.22. The average Bonchev–Trinajstić information content (AvgIpc) is 2.49. The Balaban J connectivity index is 2.10. The SMILES string of the molecule is O=CN(OCCCl)c1cccc(N2CCOCC2)c1. The summed E-state index contributed by atoms with van der Waals surface area (Å²) in [7, 11) is 0. The lowest BCUT2D eigenvalue weighted by Crippen LogP contribution is -2.36. The molecule has 0 radical (unpaired) electrons. The van der Waals surface area contributed by atoms with Gasteiger partial charge < -0.3 is 9.64 Å². The molecule has 0 saturated carbocycles. The van der Waals surface area contributed by atoms with Crippen LogP contribution in [0.5, 0.6) is 0 Å². The number of hydroxylamine groups is 1. The van der Waals surface area contributed by atoms with Crippen LogP contribution in [0.1, 0.15) is 0 Å². The van der Waals surface area contributed by atoms with Gasteiger partial charge in [-0.3, -0.25) is 9.63 Å². The molecule has 1 heterocycles. The van der Waals surface area contributed by atoms with Gasteiger partial charge in [-0.2, -0.15) is 5.06 Å². The van der Waals surface area contributed by atoms with E-state index < -0.39 is 0 Å². The molecule has 0 bridgehead atoms. The first-order chi connectivity index (χ1) is 9.35. The maximum absolute atomic E-state index is 11.0. The van der Waals surface area contributed by atoms with Crippen molar-refractivity contribution in [1.82, 2.24) is 0 Å². The predicted molar refractivity (Wildman–Crippen MR) is 74.7 cm³/mol. The van der Waals surface area contributed by atoms with Crippen molar-refractivity contribution in [3.63, 3.8) is 0 Å². The van der Waals surface area contributed by atoms with Crippen LogP contribution in [-0.4, -0.2) is 45.2 Å². The number of hydrogen-bond acceptors (Lipinski definition) is 4. The second-order valence-corrected chi connectivity index (χ2v) is 4.45. The Morgan fingerprint density at radius 2 is 2.21 bits per heavy atom. The van der Waals surface area contributed by atoms with E-state index in [1.165, 1.54) is 5.06 Å². The minimum Gasteiger partial charge on any atom is -0.378 e. The number of amides is 1. The van der Waals surface area contributed by atoms with Crippen molar-refractivity contribution in [3.05, 3.63) is 24.3 Å². The van der Waals surface area contributed by atoms with Crippen LogP contribution < -0.4 is 9.96 Å². The van der Waals surface area contributed by atoms with E-state index in [9.17, 15) is 4.79 Å². The minimum absolute atomic E-state index is 0.294. The molecular weight excluding hydrogens is 268 g/mol. The van der Waals surface area contributed by atoms with E-state index >= 15 is 0 Å². The number of alkyl halides is 1. The Kier molecular flexibility index (Phi) is 5.44. The Morgan fingerprint density at radius 3 is 2.89 bits per heavy atom. The number of morpholine rings is 1. The molecule has 0 atom stereocenters. The zero-order valence-corrected chi connectivity index (χ0v) is 11.4. The second kappa shape index (κ2) is 7.33. The Bertz CT molecular complexity index is 411. The molecule has 0 aliphatic carbocycles.